The summed E-state index contributed by atoms with van der Waals surface area (Å²) in [4.78, 5) is 29.5. The van der Waals surface area contributed by atoms with Crippen LogP contribution in [0.1, 0.15) is 49.7 Å². The summed E-state index contributed by atoms with van der Waals surface area (Å²) in [6.07, 6.45) is 0. The SMILES string of the molecule is CCOc1ccc(/C(O)=C2/C(=O)C(=O)N(c3cccc4ccccc34)C2c2cccs2)cc1C(C)(C)C. The second-order valence-electron chi connectivity index (χ2n) is 10.1. The molecule has 6 heteroatoms. The maximum atomic E-state index is 13.6. The van der Waals surface area contributed by atoms with Crippen LogP contribution in [-0.4, -0.2) is 23.4 Å². The average Bonchev–Trinajstić information content (AvgIpc) is 3.50. The number of aliphatic hydroxyl groups is 1. The quantitative estimate of drug-likeness (QED) is 0.174. The van der Waals surface area contributed by atoms with E-state index in [-0.39, 0.29) is 16.7 Å². The van der Waals surface area contributed by atoms with E-state index in [1.165, 1.54) is 16.2 Å². The van der Waals surface area contributed by atoms with Crippen LogP contribution in [0, 0.1) is 0 Å². The molecule has 0 bridgehead atoms. The van der Waals surface area contributed by atoms with Gasteiger partial charge in [-0.3, -0.25) is 14.5 Å². The zero-order valence-electron chi connectivity index (χ0n) is 21.3. The fourth-order valence-electron chi connectivity index (χ4n) is 4.92. The van der Waals surface area contributed by atoms with Crippen LogP contribution in [0.15, 0.2) is 83.7 Å². The van der Waals surface area contributed by atoms with Gasteiger partial charge in [0.25, 0.3) is 11.7 Å². The zero-order chi connectivity index (χ0) is 26.3. The Morgan fingerprint density at radius 3 is 2.46 bits per heavy atom. The van der Waals surface area contributed by atoms with Crippen molar-refractivity contribution >= 4 is 45.2 Å². The molecule has 1 atom stereocenters. The van der Waals surface area contributed by atoms with E-state index < -0.39 is 17.7 Å². The van der Waals surface area contributed by atoms with Crippen molar-refractivity contribution in [3.05, 3.63) is 99.8 Å². The number of hydrogen-bond acceptors (Lipinski definition) is 5. The maximum absolute atomic E-state index is 13.6. The van der Waals surface area contributed by atoms with Crippen molar-refractivity contribution in [2.75, 3.05) is 11.5 Å². The number of anilines is 1. The smallest absolute Gasteiger partial charge is 0.300 e. The monoisotopic (exact) mass is 511 g/mol. The summed E-state index contributed by atoms with van der Waals surface area (Å²) >= 11 is 1.45. The Balaban J connectivity index is 1.73. The molecule has 0 spiro atoms. The van der Waals surface area contributed by atoms with Crippen molar-refractivity contribution in [3.63, 3.8) is 0 Å². The van der Waals surface area contributed by atoms with Gasteiger partial charge in [0.15, 0.2) is 0 Å². The number of ketones is 1. The van der Waals surface area contributed by atoms with Crippen LogP contribution < -0.4 is 9.64 Å². The predicted molar refractivity (Wildman–Crippen MR) is 149 cm³/mol. The number of fused-ring (bicyclic) bond motifs is 1. The van der Waals surface area contributed by atoms with Gasteiger partial charge in [-0.1, -0.05) is 63.2 Å². The minimum absolute atomic E-state index is 0.0874. The molecule has 1 N–H and O–H groups in total. The first-order valence-corrected chi connectivity index (χ1v) is 13.2. The molecule has 4 aromatic rings. The molecular weight excluding hydrogens is 482 g/mol. The molecular formula is C31H29NO4S. The lowest BCUT2D eigenvalue weighted by Crippen LogP contribution is -2.29. The number of carbonyl (C=O) groups is 2. The number of thiophene rings is 1. The molecule has 0 saturated carbocycles. The molecule has 1 saturated heterocycles. The molecule has 1 aliphatic heterocycles. The normalized spacial score (nSPS) is 17.5. The van der Waals surface area contributed by atoms with Gasteiger partial charge in [-0.05, 0) is 53.4 Å². The van der Waals surface area contributed by atoms with Crippen LogP contribution >= 0.6 is 11.3 Å². The molecule has 37 heavy (non-hydrogen) atoms. The standard InChI is InChI=1S/C31H29NO4S/c1-5-36-24-16-15-20(18-22(24)31(2,3)4)28(33)26-27(25-14-9-17-37-25)32(30(35)29(26)34)23-13-8-11-19-10-6-7-12-21(19)23/h6-18,27,33H,5H2,1-4H3/b28-26-. The molecule has 5 rings (SSSR count). The first-order chi connectivity index (χ1) is 17.7. The van der Waals surface area contributed by atoms with Crippen molar-refractivity contribution < 1.29 is 19.4 Å². The second-order valence-corrected chi connectivity index (χ2v) is 11.1. The lowest BCUT2D eigenvalue weighted by Gasteiger charge is -2.26. The Morgan fingerprint density at radius 1 is 1.00 bits per heavy atom. The van der Waals surface area contributed by atoms with Gasteiger partial charge in [0.2, 0.25) is 0 Å². The van der Waals surface area contributed by atoms with Gasteiger partial charge in [-0.15, -0.1) is 11.3 Å². The van der Waals surface area contributed by atoms with Crippen molar-refractivity contribution in [2.45, 2.75) is 39.2 Å². The molecule has 2 heterocycles. The molecule has 188 valence electrons. The number of aliphatic hydroxyl groups excluding tert-OH is 1. The summed E-state index contributed by atoms with van der Waals surface area (Å²) in [6, 6.07) is 21.9. The van der Waals surface area contributed by atoms with E-state index in [0.717, 1.165) is 27.0 Å². The number of nitrogens with zero attached hydrogens (tertiary/aromatic N) is 1. The van der Waals surface area contributed by atoms with Crippen molar-refractivity contribution in [3.8, 4) is 5.75 Å². The van der Waals surface area contributed by atoms with E-state index in [4.69, 9.17) is 4.74 Å². The van der Waals surface area contributed by atoms with E-state index >= 15 is 0 Å². The third kappa shape index (κ3) is 4.31. The molecule has 1 aromatic heterocycles. The van der Waals surface area contributed by atoms with Crippen molar-refractivity contribution in [1.29, 1.82) is 0 Å². The van der Waals surface area contributed by atoms with Gasteiger partial charge in [-0.2, -0.15) is 0 Å². The van der Waals surface area contributed by atoms with E-state index in [1.807, 2.05) is 79.0 Å². The Labute approximate surface area is 220 Å². The average molecular weight is 512 g/mol. The highest BCUT2D eigenvalue weighted by atomic mass is 32.1. The molecule has 5 nitrogen and oxygen atoms in total. The fraction of sp³-hybridized carbons (Fsp3) is 0.226. The molecule has 1 unspecified atom stereocenters. The van der Waals surface area contributed by atoms with E-state index in [1.54, 1.807) is 6.07 Å². The largest absolute Gasteiger partial charge is 0.507 e. The summed E-state index contributed by atoms with van der Waals surface area (Å²) < 4.78 is 5.83. The highest BCUT2D eigenvalue weighted by Gasteiger charge is 2.47. The maximum Gasteiger partial charge on any atom is 0.300 e. The molecule has 1 aliphatic rings. The van der Waals surface area contributed by atoms with Crippen LogP contribution in [-0.2, 0) is 15.0 Å². The highest BCUT2D eigenvalue weighted by Crippen LogP contribution is 2.46. The molecule has 0 aliphatic carbocycles. The highest BCUT2D eigenvalue weighted by molar-refractivity contribution is 7.10. The first kappa shape index (κ1) is 24.8. The summed E-state index contributed by atoms with van der Waals surface area (Å²) in [5.41, 5.74) is 1.85. The number of Topliss-reactive ketones (excluding diaryl/α,β-unsaturated/α-hetero) is 1. The number of ether oxygens (including phenoxy) is 1. The summed E-state index contributed by atoms with van der Waals surface area (Å²) in [5, 5.41) is 15.4. The van der Waals surface area contributed by atoms with Crippen molar-refractivity contribution in [1.82, 2.24) is 0 Å². The van der Waals surface area contributed by atoms with Gasteiger partial charge in [0.1, 0.15) is 17.6 Å². The van der Waals surface area contributed by atoms with Crippen LogP contribution in [0.25, 0.3) is 16.5 Å². The minimum Gasteiger partial charge on any atom is -0.507 e. The summed E-state index contributed by atoms with van der Waals surface area (Å²) in [6.45, 7) is 8.65. The summed E-state index contributed by atoms with van der Waals surface area (Å²) in [7, 11) is 0. The van der Waals surface area contributed by atoms with Gasteiger partial charge in [0, 0.05) is 21.4 Å². The second kappa shape index (κ2) is 9.52. The third-order valence-corrected chi connectivity index (χ3v) is 7.57. The molecule has 3 aromatic carbocycles. The Kier molecular flexibility index (Phi) is 6.38. The molecule has 1 fully saturated rings. The molecule has 0 radical (unpaired) electrons. The number of rotatable bonds is 5. The van der Waals surface area contributed by atoms with Crippen LogP contribution in [0.2, 0.25) is 0 Å². The van der Waals surface area contributed by atoms with Crippen LogP contribution in [0.4, 0.5) is 5.69 Å². The lowest BCUT2D eigenvalue weighted by atomic mass is 9.84. The van der Waals surface area contributed by atoms with E-state index in [9.17, 15) is 14.7 Å². The zero-order valence-corrected chi connectivity index (χ0v) is 22.1. The van der Waals surface area contributed by atoms with Gasteiger partial charge in [0.05, 0.1) is 17.9 Å². The van der Waals surface area contributed by atoms with Crippen LogP contribution in [0.5, 0.6) is 5.75 Å². The van der Waals surface area contributed by atoms with Gasteiger partial charge < -0.3 is 9.84 Å². The first-order valence-electron chi connectivity index (χ1n) is 12.3. The number of amides is 1. The van der Waals surface area contributed by atoms with E-state index in [2.05, 4.69) is 20.8 Å². The van der Waals surface area contributed by atoms with Crippen LogP contribution in [0.3, 0.4) is 0 Å². The third-order valence-electron chi connectivity index (χ3n) is 6.64. The van der Waals surface area contributed by atoms with E-state index in [0.29, 0.717) is 17.9 Å². The van der Waals surface area contributed by atoms with Gasteiger partial charge in [-0.25, -0.2) is 0 Å². The Bertz CT molecular complexity index is 1520. The van der Waals surface area contributed by atoms with Crippen molar-refractivity contribution in [2.24, 2.45) is 0 Å². The minimum atomic E-state index is -0.740. The fourth-order valence-corrected chi connectivity index (χ4v) is 5.74. The number of carbonyl (C=O) groups excluding carboxylic acids is 2. The Morgan fingerprint density at radius 2 is 1.76 bits per heavy atom. The number of benzene rings is 3. The lowest BCUT2D eigenvalue weighted by molar-refractivity contribution is -0.132. The summed E-state index contributed by atoms with van der Waals surface area (Å²) in [5.74, 6) is -0.807. The Hall–Kier alpha value is -3.90. The molecule has 1 amide bonds. The number of hydrogen-bond donors (Lipinski definition) is 1. The topological polar surface area (TPSA) is 66.8 Å². The van der Waals surface area contributed by atoms with Gasteiger partial charge >= 0.3 is 0 Å². The predicted octanol–water partition coefficient (Wildman–Crippen LogP) is 7.22.